The highest BCUT2D eigenvalue weighted by molar-refractivity contribution is 6.39. The van der Waals surface area contributed by atoms with Crippen LogP contribution < -0.4 is 10.6 Å². The summed E-state index contributed by atoms with van der Waals surface area (Å²) in [7, 11) is 0. The molecule has 0 spiro atoms. The second-order valence-corrected chi connectivity index (χ2v) is 5.38. The molecule has 1 atom stereocenters. The third kappa shape index (κ3) is 4.14. The Morgan fingerprint density at radius 3 is 2.38 bits per heavy atom. The summed E-state index contributed by atoms with van der Waals surface area (Å²) < 4.78 is 26.5. The van der Waals surface area contributed by atoms with Gasteiger partial charge in [0.15, 0.2) is 11.6 Å². The Labute approximate surface area is 137 Å². The van der Waals surface area contributed by atoms with Crippen LogP contribution in [0.2, 0.25) is 0 Å². The zero-order valence-corrected chi connectivity index (χ0v) is 12.8. The summed E-state index contributed by atoms with van der Waals surface area (Å²) in [5, 5.41) is 14.6. The second kappa shape index (κ2) is 7.18. The van der Waals surface area contributed by atoms with Gasteiger partial charge in [-0.1, -0.05) is 36.4 Å². The molecule has 0 aliphatic heterocycles. The first-order valence-corrected chi connectivity index (χ1v) is 7.12. The molecule has 5 nitrogen and oxygen atoms in total. The van der Waals surface area contributed by atoms with Gasteiger partial charge in [0.1, 0.15) is 5.60 Å². The fourth-order valence-electron chi connectivity index (χ4n) is 2.01. The Morgan fingerprint density at radius 1 is 1.04 bits per heavy atom. The van der Waals surface area contributed by atoms with Gasteiger partial charge < -0.3 is 15.7 Å². The average molecular weight is 334 g/mol. The first kappa shape index (κ1) is 17.6. The molecule has 0 radical (unpaired) electrons. The van der Waals surface area contributed by atoms with Crippen molar-refractivity contribution >= 4 is 17.5 Å². The molecule has 7 heteroatoms. The second-order valence-electron chi connectivity index (χ2n) is 5.38. The molecule has 0 saturated carbocycles. The fourth-order valence-corrected chi connectivity index (χ4v) is 2.01. The van der Waals surface area contributed by atoms with Crippen molar-refractivity contribution in [3.8, 4) is 0 Å². The minimum Gasteiger partial charge on any atom is -0.384 e. The molecule has 2 aromatic carbocycles. The summed E-state index contributed by atoms with van der Waals surface area (Å²) in [5.41, 5.74) is -1.27. The zero-order chi connectivity index (χ0) is 17.7. The van der Waals surface area contributed by atoms with Crippen LogP contribution in [0.25, 0.3) is 0 Å². The molecular weight excluding hydrogens is 318 g/mol. The maximum Gasteiger partial charge on any atom is 0.313 e. The van der Waals surface area contributed by atoms with E-state index in [4.69, 9.17) is 0 Å². The van der Waals surface area contributed by atoms with Crippen molar-refractivity contribution in [2.75, 3.05) is 11.9 Å². The van der Waals surface area contributed by atoms with E-state index in [-0.39, 0.29) is 6.54 Å². The Kier molecular flexibility index (Phi) is 5.25. The number of rotatable bonds is 4. The van der Waals surface area contributed by atoms with Gasteiger partial charge in [0.2, 0.25) is 0 Å². The molecule has 2 amide bonds. The molecule has 2 rings (SSSR count). The Bertz CT molecular complexity index is 749. The number of nitrogens with one attached hydrogen (secondary N) is 2. The maximum absolute atomic E-state index is 13.5. The topological polar surface area (TPSA) is 78.4 Å². The number of carbonyl (C=O) groups excluding carboxylic acids is 2. The lowest BCUT2D eigenvalue weighted by molar-refractivity contribution is -0.136. The van der Waals surface area contributed by atoms with Gasteiger partial charge in [-0.2, -0.15) is 0 Å². The van der Waals surface area contributed by atoms with E-state index in [2.05, 4.69) is 5.32 Å². The maximum atomic E-state index is 13.5. The van der Waals surface area contributed by atoms with E-state index in [9.17, 15) is 23.5 Å². The van der Waals surface area contributed by atoms with Crippen molar-refractivity contribution in [2.45, 2.75) is 12.5 Å². The van der Waals surface area contributed by atoms with E-state index in [1.165, 1.54) is 13.0 Å². The number of hydrogen-bond acceptors (Lipinski definition) is 3. The number of aliphatic hydroxyl groups is 1. The van der Waals surface area contributed by atoms with E-state index >= 15 is 0 Å². The molecule has 0 bridgehead atoms. The summed E-state index contributed by atoms with van der Waals surface area (Å²) in [6.45, 7) is 1.25. The van der Waals surface area contributed by atoms with Crippen molar-refractivity contribution in [1.29, 1.82) is 0 Å². The van der Waals surface area contributed by atoms with Crippen molar-refractivity contribution in [1.82, 2.24) is 5.32 Å². The molecular formula is C17H16F2N2O3. The van der Waals surface area contributed by atoms with Crippen LogP contribution in [0.4, 0.5) is 14.5 Å². The Hall–Kier alpha value is -2.80. The van der Waals surface area contributed by atoms with E-state index in [0.29, 0.717) is 5.56 Å². The highest BCUT2D eigenvalue weighted by atomic mass is 19.2. The lowest BCUT2D eigenvalue weighted by atomic mass is 9.96. The summed E-state index contributed by atoms with van der Waals surface area (Å²) in [4.78, 5) is 23.5. The van der Waals surface area contributed by atoms with Gasteiger partial charge in [0, 0.05) is 0 Å². The first-order valence-electron chi connectivity index (χ1n) is 7.12. The summed E-state index contributed by atoms with van der Waals surface area (Å²) in [6, 6.07) is 11.8. The number of halogens is 2. The molecule has 0 heterocycles. The predicted octanol–water partition coefficient (Wildman–Crippen LogP) is 1.93. The number of hydrogen-bond donors (Lipinski definition) is 3. The smallest absolute Gasteiger partial charge is 0.313 e. The molecule has 2 aromatic rings. The monoisotopic (exact) mass is 334 g/mol. The molecule has 0 aliphatic carbocycles. The van der Waals surface area contributed by atoms with Crippen molar-refractivity contribution in [2.24, 2.45) is 0 Å². The Balaban J connectivity index is 1.97. The van der Waals surface area contributed by atoms with E-state index in [1.54, 1.807) is 30.3 Å². The molecule has 24 heavy (non-hydrogen) atoms. The molecule has 0 aliphatic rings. The molecule has 3 N–H and O–H groups in total. The summed E-state index contributed by atoms with van der Waals surface area (Å²) in [5.74, 6) is -4.63. The third-order valence-corrected chi connectivity index (χ3v) is 3.39. The number of amides is 2. The van der Waals surface area contributed by atoms with Gasteiger partial charge in [-0.25, -0.2) is 8.78 Å². The zero-order valence-electron chi connectivity index (χ0n) is 12.8. The van der Waals surface area contributed by atoms with Crippen LogP contribution in [-0.2, 0) is 15.2 Å². The van der Waals surface area contributed by atoms with Crippen LogP contribution in [-0.4, -0.2) is 23.5 Å². The lowest BCUT2D eigenvalue weighted by Crippen LogP contribution is -2.43. The predicted molar refractivity (Wildman–Crippen MR) is 84.0 cm³/mol. The number of carbonyl (C=O) groups is 2. The van der Waals surface area contributed by atoms with Crippen LogP contribution in [0.5, 0.6) is 0 Å². The highest BCUT2D eigenvalue weighted by Crippen LogP contribution is 2.19. The minimum atomic E-state index is -1.39. The van der Waals surface area contributed by atoms with Crippen molar-refractivity contribution in [3.63, 3.8) is 0 Å². The molecule has 1 unspecified atom stereocenters. The standard InChI is InChI=1S/C17H16F2N2O3/c1-17(24,11-6-3-2-4-7-11)10-20-15(22)16(23)21-13-9-5-8-12(18)14(13)19/h2-9,24H,10H2,1H3,(H,20,22)(H,21,23). The van der Waals surface area contributed by atoms with E-state index in [1.807, 2.05) is 5.32 Å². The van der Waals surface area contributed by atoms with Crippen LogP contribution in [0.3, 0.4) is 0 Å². The van der Waals surface area contributed by atoms with Gasteiger partial charge in [-0.15, -0.1) is 0 Å². The molecule has 126 valence electrons. The molecule has 0 saturated heterocycles. The van der Waals surface area contributed by atoms with E-state index in [0.717, 1.165) is 12.1 Å². The van der Waals surface area contributed by atoms with Crippen molar-refractivity contribution in [3.05, 3.63) is 65.7 Å². The van der Waals surface area contributed by atoms with Crippen LogP contribution in [0.1, 0.15) is 12.5 Å². The Morgan fingerprint density at radius 2 is 1.71 bits per heavy atom. The quantitative estimate of drug-likeness (QED) is 0.748. The average Bonchev–Trinajstić information content (AvgIpc) is 2.57. The van der Waals surface area contributed by atoms with Gasteiger partial charge in [0.05, 0.1) is 12.2 Å². The van der Waals surface area contributed by atoms with Gasteiger partial charge in [0.25, 0.3) is 0 Å². The third-order valence-electron chi connectivity index (χ3n) is 3.39. The van der Waals surface area contributed by atoms with Crippen LogP contribution in [0, 0.1) is 11.6 Å². The minimum absolute atomic E-state index is 0.227. The van der Waals surface area contributed by atoms with Gasteiger partial charge in [-0.05, 0) is 24.6 Å². The van der Waals surface area contributed by atoms with Gasteiger partial charge in [-0.3, -0.25) is 9.59 Å². The summed E-state index contributed by atoms with van der Waals surface area (Å²) in [6.07, 6.45) is 0. The van der Waals surface area contributed by atoms with E-state index < -0.39 is 34.7 Å². The summed E-state index contributed by atoms with van der Waals surface area (Å²) >= 11 is 0. The first-order chi connectivity index (χ1) is 11.3. The van der Waals surface area contributed by atoms with Crippen LogP contribution in [0.15, 0.2) is 48.5 Å². The van der Waals surface area contributed by atoms with Crippen molar-refractivity contribution < 1.29 is 23.5 Å². The largest absolute Gasteiger partial charge is 0.384 e. The highest BCUT2D eigenvalue weighted by Gasteiger charge is 2.25. The van der Waals surface area contributed by atoms with Crippen LogP contribution >= 0.6 is 0 Å². The number of anilines is 1. The normalized spacial score (nSPS) is 13.0. The SMILES string of the molecule is CC(O)(CNC(=O)C(=O)Nc1cccc(F)c1F)c1ccccc1. The number of benzene rings is 2. The molecule has 0 fully saturated rings. The lowest BCUT2D eigenvalue weighted by Gasteiger charge is -2.24. The molecule has 0 aromatic heterocycles. The fraction of sp³-hybridized carbons (Fsp3) is 0.176. The van der Waals surface area contributed by atoms with Gasteiger partial charge >= 0.3 is 11.8 Å².